The van der Waals surface area contributed by atoms with Crippen LogP contribution in [0.15, 0.2) is 79.4 Å². The Morgan fingerprint density at radius 1 is 0.877 bits per heavy atom. The van der Waals surface area contributed by atoms with E-state index < -0.39 is 0 Å². The molecule has 2 aliphatic rings. The molecule has 7 aromatic rings. The molecule has 15 heteroatoms. The molecule has 0 atom stereocenters. The third-order valence-electron chi connectivity index (χ3n) is 9.41. The van der Waals surface area contributed by atoms with Crippen molar-refractivity contribution in [1.82, 2.24) is 24.9 Å². The third-order valence-corrected chi connectivity index (χ3v) is 11.5. The average molecular weight is 825 g/mol. The summed E-state index contributed by atoms with van der Waals surface area (Å²) in [4.78, 5) is 24.4. The Morgan fingerprint density at radius 3 is 2.46 bits per heavy atom. The Balaban J connectivity index is 1.12. The summed E-state index contributed by atoms with van der Waals surface area (Å²) in [7, 11) is 0. The number of fused-ring (bicyclic) bond motifs is 7. The van der Waals surface area contributed by atoms with E-state index >= 15 is 0 Å². The van der Waals surface area contributed by atoms with Gasteiger partial charge in [0.25, 0.3) is 0 Å². The number of nitrogens with two attached hydrogens (primary N) is 1. The SMILES string of the molecule is Cc1c(Cl)c2c(Cl)c(C)c1-c1c(-c3ccc(F)cc3)sc3ncnc(c13)OCCc1cc(ccc1OCc1ccnc(-c3ccc(NCCN)cn3)n1)OCCO2. The molecule has 4 bridgehead atoms. The molecular weight excluding hydrogens is 788 g/mol. The summed E-state index contributed by atoms with van der Waals surface area (Å²) in [5, 5.41) is 4.65. The molecule has 6 heterocycles. The average Bonchev–Trinajstić information content (AvgIpc) is 3.62. The van der Waals surface area contributed by atoms with Gasteiger partial charge in [-0.05, 0) is 84.6 Å². The molecule has 0 fully saturated rings. The van der Waals surface area contributed by atoms with Crippen LogP contribution in [0.5, 0.6) is 23.1 Å². The normalized spacial score (nSPS) is 12.7. The van der Waals surface area contributed by atoms with Crippen molar-refractivity contribution >= 4 is 50.4 Å². The van der Waals surface area contributed by atoms with Gasteiger partial charge < -0.3 is 30.0 Å². The summed E-state index contributed by atoms with van der Waals surface area (Å²) in [5.41, 5.74) is 12.5. The number of aromatic nitrogens is 5. The minimum Gasteiger partial charge on any atom is -0.490 e. The summed E-state index contributed by atoms with van der Waals surface area (Å²) < 4.78 is 39.3. The molecule has 0 amide bonds. The van der Waals surface area contributed by atoms with Crippen LogP contribution in [-0.4, -0.2) is 57.8 Å². The number of hydrogen-bond donors (Lipinski definition) is 2. The second-order valence-corrected chi connectivity index (χ2v) is 14.9. The molecule has 57 heavy (non-hydrogen) atoms. The van der Waals surface area contributed by atoms with E-state index in [-0.39, 0.29) is 32.2 Å². The van der Waals surface area contributed by atoms with Gasteiger partial charge >= 0.3 is 0 Å². The van der Waals surface area contributed by atoms with Crippen molar-refractivity contribution in [3.05, 3.63) is 118 Å². The Hall–Kier alpha value is -5.60. The first-order chi connectivity index (χ1) is 27.8. The van der Waals surface area contributed by atoms with Crippen molar-refractivity contribution in [2.45, 2.75) is 26.9 Å². The summed E-state index contributed by atoms with van der Waals surface area (Å²) >= 11 is 15.5. The second-order valence-electron chi connectivity index (χ2n) is 13.1. The topological polar surface area (TPSA) is 139 Å². The van der Waals surface area contributed by atoms with Crippen LogP contribution in [0.25, 0.3) is 43.3 Å². The van der Waals surface area contributed by atoms with Crippen molar-refractivity contribution in [3.63, 3.8) is 0 Å². The van der Waals surface area contributed by atoms with Crippen LogP contribution in [-0.2, 0) is 13.0 Å². The fourth-order valence-corrected chi connectivity index (χ4v) is 8.32. The molecule has 0 spiro atoms. The Bertz CT molecular complexity index is 2550. The lowest BCUT2D eigenvalue weighted by molar-refractivity contribution is 0.216. The van der Waals surface area contributed by atoms with E-state index in [1.54, 1.807) is 30.6 Å². The fraction of sp³-hybridized carbons (Fsp3) is 0.214. The van der Waals surface area contributed by atoms with Gasteiger partial charge in [0.15, 0.2) is 11.6 Å². The number of benzene rings is 3. The highest BCUT2D eigenvalue weighted by Gasteiger charge is 2.28. The lowest BCUT2D eigenvalue weighted by atomic mass is 9.92. The standard InChI is InChI=1S/C42H36Cl2FN7O4S/c1-23-33-24(2)37(44)38(36(23)43)54-18-17-53-30-8-10-32(56-21-29-11-14-48-40(52-29)31-9-7-28(20-49-31)47-15-13-46)26(19-30)12-16-55-41-35-34(33)39(57-42(35)51-22-50-41)25-3-5-27(45)6-4-25/h3-11,14,19-20,22,47H,12-13,15-18,21,46H2,1-2H3. The number of thiophene rings is 1. The van der Waals surface area contributed by atoms with Gasteiger partial charge in [-0.15, -0.1) is 11.3 Å². The van der Waals surface area contributed by atoms with Crippen LogP contribution in [0.1, 0.15) is 22.4 Å². The van der Waals surface area contributed by atoms with Gasteiger partial charge in [-0.3, -0.25) is 4.98 Å². The highest BCUT2D eigenvalue weighted by atomic mass is 35.5. The molecule has 0 aliphatic carbocycles. The summed E-state index contributed by atoms with van der Waals surface area (Å²) in [6.07, 6.45) is 5.35. The minimum absolute atomic E-state index is 0.183. The maximum Gasteiger partial charge on any atom is 0.226 e. The quantitative estimate of drug-likeness (QED) is 0.152. The lowest BCUT2D eigenvalue weighted by Gasteiger charge is -2.20. The van der Waals surface area contributed by atoms with Crippen LogP contribution in [0.4, 0.5) is 10.1 Å². The van der Waals surface area contributed by atoms with E-state index in [2.05, 4.69) is 25.3 Å². The largest absolute Gasteiger partial charge is 0.490 e. The van der Waals surface area contributed by atoms with Gasteiger partial charge in [0.05, 0.1) is 39.6 Å². The number of anilines is 1. The van der Waals surface area contributed by atoms with Crippen LogP contribution in [0.2, 0.25) is 10.0 Å². The van der Waals surface area contributed by atoms with E-state index in [0.29, 0.717) is 80.1 Å². The summed E-state index contributed by atoms with van der Waals surface area (Å²) in [5.74, 6) is 2.16. The van der Waals surface area contributed by atoms with Crippen molar-refractivity contribution in [2.75, 3.05) is 38.2 Å². The molecule has 9 rings (SSSR count). The van der Waals surface area contributed by atoms with E-state index in [9.17, 15) is 4.39 Å². The number of halogens is 3. The number of nitrogens with one attached hydrogen (secondary N) is 1. The monoisotopic (exact) mass is 823 g/mol. The van der Waals surface area contributed by atoms with Crippen molar-refractivity contribution in [3.8, 4) is 56.2 Å². The number of hydrogen-bond acceptors (Lipinski definition) is 12. The number of nitrogens with zero attached hydrogens (tertiary/aromatic N) is 5. The molecule has 290 valence electrons. The van der Waals surface area contributed by atoms with E-state index in [1.165, 1.54) is 29.8 Å². The molecule has 0 saturated heterocycles. The lowest BCUT2D eigenvalue weighted by Crippen LogP contribution is -2.13. The first kappa shape index (κ1) is 38.3. The molecule has 0 radical (unpaired) electrons. The van der Waals surface area contributed by atoms with E-state index in [0.717, 1.165) is 43.9 Å². The fourth-order valence-electron chi connectivity index (χ4n) is 6.64. The summed E-state index contributed by atoms with van der Waals surface area (Å²) in [6, 6.07) is 17.6. The zero-order valence-electron chi connectivity index (χ0n) is 30.9. The van der Waals surface area contributed by atoms with E-state index in [4.69, 9.17) is 52.9 Å². The predicted molar refractivity (Wildman–Crippen MR) is 222 cm³/mol. The van der Waals surface area contributed by atoms with Crippen molar-refractivity contribution < 1.29 is 23.3 Å². The zero-order valence-corrected chi connectivity index (χ0v) is 33.3. The van der Waals surface area contributed by atoms with Crippen LogP contribution >= 0.6 is 34.5 Å². The molecule has 3 N–H and O–H groups in total. The predicted octanol–water partition coefficient (Wildman–Crippen LogP) is 9.28. The first-order valence-corrected chi connectivity index (χ1v) is 19.7. The molecule has 0 unspecified atom stereocenters. The van der Waals surface area contributed by atoms with Crippen LogP contribution in [0, 0.1) is 19.7 Å². The highest BCUT2D eigenvalue weighted by molar-refractivity contribution is 7.22. The Labute approximate surface area is 342 Å². The molecule has 3 aromatic carbocycles. The van der Waals surface area contributed by atoms with Gasteiger partial charge in [0.1, 0.15) is 54.0 Å². The molecular formula is C42H36Cl2FN7O4S. The Morgan fingerprint density at radius 2 is 1.68 bits per heavy atom. The first-order valence-electron chi connectivity index (χ1n) is 18.2. The highest BCUT2D eigenvalue weighted by Crippen LogP contribution is 2.52. The van der Waals surface area contributed by atoms with Gasteiger partial charge in [-0.1, -0.05) is 35.3 Å². The molecule has 2 aliphatic heterocycles. The summed E-state index contributed by atoms with van der Waals surface area (Å²) in [6.45, 7) is 5.86. The van der Waals surface area contributed by atoms with Gasteiger partial charge in [0.2, 0.25) is 5.88 Å². The Kier molecular flexibility index (Phi) is 11.3. The van der Waals surface area contributed by atoms with Crippen molar-refractivity contribution in [1.29, 1.82) is 0 Å². The van der Waals surface area contributed by atoms with E-state index in [1.807, 2.05) is 44.2 Å². The van der Waals surface area contributed by atoms with Gasteiger partial charge in [-0.2, -0.15) is 0 Å². The molecule has 0 saturated carbocycles. The van der Waals surface area contributed by atoms with Crippen LogP contribution in [0.3, 0.4) is 0 Å². The number of rotatable bonds is 8. The van der Waals surface area contributed by atoms with Gasteiger partial charge in [-0.25, -0.2) is 24.3 Å². The maximum absolute atomic E-state index is 14.1. The number of pyridine rings is 1. The maximum atomic E-state index is 14.1. The van der Waals surface area contributed by atoms with Gasteiger partial charge in [0, 0.05) is 41.7 Å². The number of ether oxygens (including phenoxy) is 4. The molecule has 11 nitrogen and oxygen atoms in total. The van der Waals surface area contributed by atoms with Crippen molar-refractivity contribution in [2.24, 2.45) is 5.73 Å². The van der Waals surface area contributed by atoms with Crippen LogP contribution < -0.4 is 30.0 Å². The smallest absolute Gasteiger partial charge is 0.226 e. The minimum atomic E-state index is -0.337. The second kappa shape index (κ2) is 16.9. The third kappa shape index (κ3) is 8.01. The molecule has 4 aromatic heterocycles. The zero-order chi connectivity index (χ0) is 39.5.